The van der Waals surface area contributed by atoms with E-state index in [-0.39, 0.29) is 28.2 Å². The fraction of sp³-hybridized carbons (Fsp3) is 0.0667. The predicted molar refractivity (Wildman–Crippen MR) is 142 cm³/mol. The quantitative estimate of drug-likeness (QED) is 0.160. The molecule has 4 N–H and O–H groups in total. The molecule has 1 unspecified atom stereocenters. The largest absolute Gasteiger partial charge is 0.478 e. The molecule has 1 heterocycles. The lowest BCUT2D eigenvalue weighted by Crippen LogP contribution is -2.47. The first-order chi connectivity index (χ1) is 20.4. The molecule has 13 heteroatoms. The van der Waals surface area contributed by atoms with Crippen molar-refractivity contribution in [1.29, 1.82) is 0 Å². The molecule has 43 heavy (non-hydrogen) atoms. The van der Waals surface area contributed by atoms with E-state index < -0.39 is 69.8 Å². The van der Waals surface area contributed by atoms with Gasteiger partial charge in [0, 0.05) is 6.08 Å². The summed E-state index contributed by atoms with van der Waals surface area (Å²) in [5.41, 5.74) is -2.20. The van der Waals surface area contributed by atoms with Crippen molar-refractivity contribution < 1.29 is 63.4 Å². The third-order valence-electron chi connectivity index (χ3n) is 6.68. The monoisotopic (exact) mass is 586 g/mol. The summed E-state index contributed by atoms with van der Waals surface area (Å²) in [7, 11) is 0. The van der Waals surface area contributed by atoms with Crippen molar-refractivity contribution in [3.63, 3.8) is 0 Å². The van der Waals surface area contributed by atoms with Crippen LogP contribution in [-0.4, -0.2) is 62.0 Å². The number of hydrogen-bond donors (Lipinski definition) is 4. The predicted octanol–water partition coefficient (Wildman–Crippen LogP) is 3.85. The van der Waals surface area contributed by atoms with Gasteiger partial charge in [0.25, 0.3) is 5.79 Å². The number of carboxylic acids is 4. The fourth-order valence-corrected chi connectivity index (χ4v) is 4.83. The van der Waals surface area contributed by atoms with Gasteiger partial charge in [-0.25, -0.2) is 28.8 Å². The van der Waals surface area contributed by atoms with Crippen molar-refractivity contribution in [3.8, 4) is 11.5 Å². The van der Waals surface area contributed by atoms with Gasteiger partial charge in [-0.3, -0.25) is 0 Å². The second-order valence-electron chi connectivity index (χ2n) is 9.23. The SMILES string of the molecule is O=C(O)c1ccc(OC2(Oc3ccc(C(=O)O)c(C(=O)O)c3)C=CC=CC2c2cccc3c2C(=O)OC3=O)cc1C(=O)O. The Hall–Kier alpha value is -6.24. The number of benzene rings is 3. The number of fused-ring (bicyclic) bond motifs is 1. The molecule has 2 aliphatic rings. The molecular weight excluding hydrogens is 568 g/mol. The third kappa shape index (κ3) is 5.06. The Morgan fingerprint density at radius 3 is 1.72 bits per heavy atom. The van der Waals surface area contributed by atoms with Crippen molar-refractivity contribution in [2.75, 3.05) is 0 Å². The molecule has 5 rings (SSSR count). The van der Waals surface area contributed by atoms with Crippen LogP contribution in [0, 0.1) is 0 Å². The Bertz CT molecular complexity index is 1740. The van der Waals surface area contributed by atoms with Gasteiger partial charge in [-0.1, -0.05) is 30.4 Å². The Morgan fingerprint density at radius 2 is 1.21 bits per heavy atom. The topological polar surface area (TPSA) is 211 Å². The molecule has 0 aromatic heterocycles. The summed E-state index contributed by atoms with van der Waals surface area (Å²) in [4.78, 5) is 71.9. The number of carbonyl (C=O) groups is 6. The highest BCUT2D eigenvalue weighted by Crippen LogP contribution is 2.43. The zero-order valence-electron chi connectivity index (χ0n) is 21.5. The summed E-state index contributed by atoms with van der Waals surface area (Å²) < 4.78 is 17.2. The maximum atomic E-state index is 12.7. The first-order valence-electron chi connectivity index (χ1n) is 12.3. The van der Waals surface area contributed by atoms with E-state index >= 15 is 0 Å². The van der Waals surface area contributed by atoms with Crippen molar-refractivity contribution in [1.82, 2.24) is 0 Å². The molecule has 0 fully saturated rings. The van der Waals surface area contributed by atoms with Crippen LogP contribution in [0.5, 0.6) is 11.5 Å². The molecule has 0 spiro atoms. The summed E-state index contributed by atoms with van der Waals surface area (Å²) in [5.74, 6) is -11.5. The standard InChI is InChI=1S/C30H18O13/c31-24(32)16-9-7-14(12-20(16)26(35)36)42-30(43-15-8-10-17(25(33)34)21(13-15)27(37)38)11-2-1-6-22(30)18-4-3-5-19-23(18)29(40)41-28(19)39/h1-13,22H,(H,31,32)(H,33,34)(H,35,36)(H,37,38). The smallest absolute Gasteiger partial charge is 0.347 e. The normalized spacial score (nSPS) is 16.2. The van der Waals surface area contributed by atoms with Gasteiger partial charge in [-0.05, 0) is 48.0 Å². The van der Waals surface area contributed by atoms with E-state index in [1.165, 1.54) is 42.5 Å². The Kier molecular flexibility index (Phi) is 6.99. The number of cyclic esters (lactones) is 2. The van der Waals surface area contributed by atoms with Crippen molar-refractivity contribution in [2.45, 2.75) is 11.7 Å². The summed E-state index contributed by atoms with van der Waals surface area (Å²) in [6.07, 6.45) is 5.97. The number of hydrogen-bond acceptors (Lipinski definition) is 9. The van der Waals surface area contributed by atoms with Gasteiger partial charge in [0.05, 0.1) is 39.3 Å². The van der Waals surface area contributed by atoms with Crippen molar-refractivity contribution >= 4 is 35.8 Å². The number of ether oxygens (including phenoxy) is 3. The molecule has 0 radical (unpaired) electrons. The first-order valence-corrected chi connectivity index (χ1v) is 12.3. The van der Waals surface area contributed by atoms with E-state index in [2.05, 4.69) is 0 Å². The fourth-order valence-electron chi connectivity index (χ4n) is 4.83. The zero-order chi connectivity index (χ0) is 31.1. The van der Waals surface area contributed by atoms with Crippen LogP contribution in [0.2, 0.25) is 0 Å². The average Bonchev–Trinajstić information content (AvgIpc) is 3.26. The van der Waals surface area contributed by atoms with Crippen molar-refractivity contribution in [2.24, 2.45) is 0 Å². The Labute approximate surface area is 240 Å². The molecule has 1 atom stereocenters. The molecule has 3 aromatic rings. The molecule has 0 amide bonds. The Balaban J connectivity index is 1.70. The van der Waals surface area contributed by atoms with Gasteiger partial charge >= 0.3 is 35.8 Å². The van der Waals surface area contributed by atoms with Gasteiger partial charge in [0.2, 0.25) is 0 Å². The van der Waals surface area contributed by atoms with Crippen LogP contribution in [0.3, 0.4) is 0 Å². The number of aromatic carboxylic acids is 4. The lowest BCUT2D eigenvalue weighted by Gasteiger charge is -2.39. The highest BCUT2D eigenvalue weighted by atomic mass is 16.7. The van der Waals surface area contributed by atoms with Gasteiger partial charge < -0.3 is 34.6 Å². The molecular formula is C30H18O13. The van der Waals surface area contributed by atoms with E-state index in [4.69, 9.17) is 14.2 Å². The van der Waals surface area contributed by atoms with E-state index in [9.17, 15) is 49.2 Å². The molecule has 1 aliphatic carbocycles. The molecule has 0 bridgehead atoms. The summed E-state index contributed by atoms with van der Waals surface area (Å²) in [6.45, 7) is 0. The molecule has 0 saturated heterocycles. The average molecular weight is 586 g/mol. The maximum Gasteiger partial charge on any atom is 0.347 e. The van der Waals surface area contributed by atoms with Crippen LogP contribution in [0.15, 0.2) is 78.9 Å². The highest BCUT2D eigenvalue weighted by Gasteiger charge is 2.46. The van der Waals surface area contributed by atoms with E-state index in [1.807, 2.05) is 0 Å². The van der Waals surface area contributed by atoms with Gasteiger partial charge in [-0.2, -0.15) is 0 Å². The van der Waals surface area contributed by atoms with Crippen LogP contribution < -0.4 is 9.47 Å². The minimum atomic E-state index is -2.04. The van der Waals surface area contributed by atoms with Crippen molar-refractivity contribution in [3.05, 3.63) is 118 Å². The Morgan fingerprint density at radius 1 is 0.674 bits per heavy atom. The van der Waals surface area contributed by atoms with E-state index in [0.29, 0.717) is 0 Å². The van der Waals surface area contributed by atoms with E-state index in [0.717, 1.165) is 24.3 Å². The molecule has 1 aliphatic heterocycles. The lowest BCUT2D eigenvalue weighted by molar-refractivity contribution is -0.0828. The minimum absolute atomic E-state index is 0.0303. The van der Waals surface area contributed by atoms with Crippen LogP contribution in [0.25, 0.3) is 0 Å². The van der Waals surface area contributed by atoms with Crippen LogP contribution in [-0.2, 0) is 4.74 Å². The molecule has 216 valence electrons. The third-order valence-corrected chi connectivity index (χ3v) is 6.68. The number of carbonyl (C=O) groups excluding carboxylic acids is 2. The molecule has 0 saturated carbocycles. The summed E-state index contributed by atoms with van der Waals surface area (Å²) >= 11 is 0. The summed E-state index contributed by atoms with van der Waals surface area (Å²) in [6, 6.07) is 10.6. The maximum absolute atomic E-state index is 12.7. The summed E-state index contributed by atoms with van der Waals surface area (Å²) in [5, 5.41) is 38.1. The first kappa shape index (κ1) is 28.3. The second-order valence-corrected chi connectivity index (χ2v) is 9.23. The van der Waals surface area contributed by atoms with Crippen LogP contribution in [0.4, 0.5) is 0 Å². The minimum Gasteiger partial charge on any atom is -0.478 e. The lowest BCUT2D eigenvalue weighted by atomic mass is 9.83. The molecule has 3 aromatic carbocycles. The van der Waals surface area contributed by atoms with Crippen LogP contribution >= 0.6 is 0 Å². The molecule has 13 nitrogen and oxygen atoms in total. The number of carboxylic acid groups (broad SMARTS) is 4. The van der Waals surface area contributed by atoms with Gasteiger partial charge in [0.1, 0.15) is 11.5 Å². The van der Waals surface area contributed by atoms with Gasteiger partial charge in [-0.15, -0.1) is 0 Å². The van der Waals surface area contributed by atoms with Crippen LogP contribution in [0.1, 0.15) is 73.6 Å². The highest BCUT2D eigenvalue weighted by molar-refractivity contribution is 6.15. The zero-order valence-corrected chi connectivity index (χ0v) is 21.5. The van der Waals surface area contributed by atoms with Gasteiger partial charge in [0.15, 0.2) is 0 Å². The number of rotatable bonds is 9. The second kappa shape index (κ2) is 10.6. The number of allylic oxidation sites excluding steroid dienone is 2. The van der Waals surface area contributed by atoms with E-state index in [1.54, 1.807) is 12.2 Å². The number of esters is 2.